The van der Waals surface area contributed by atoms with Crippen molar-refractivity contribution in [2.45, 2.75) is 12.5 Å². The zero-order valence-corrected chi connectivity index (χ0v) is 9.87. The summed E-state index contributed by atoms with van der Waals surface area (Å²) in [6, 6.07) is 0.0529. The van der Waals surface area contributed by atoms with Crippen LogP contribution in [0.4, 0.5) is 0 Å². The molecule has 4 nitrogen and oxygen atoms in total. The Morgan fingerprint density at radius 3 is 2.79 bits per heavy atom. The summed E-state index contributed by atoms with van der Waals surface area (Å²) < 4.78 is 2.85. The van der Waals surface area contributed by atoms with E-state index in [0.717, 1.165) is 16.7 Å². The minimum Gasteiger partial charge on any atom is -0.322 e. The summed E-state index contributed by atoms with van der Waals surface area (Å²) in [7, 11) is 1.93. The third-order valence-corrected chi connectivity index (χ3v) is 3.30. The second-order valence-corrected chi connectivity index (χ2v) is 4.62. The van der Waals surface area contributed by atoms with Crippen LogP contribution in [-0.4, -0.2) is 34.3 Å². The van der Waals surface area contributed by atoms with E-state index >= 15 is 0 Å². The Morgan fingerprint density at radius 2 is 2.36 bits per heavy atom. The first kappa shape index (κ1) is 10.1. The minimum atomic E-state index is 0.0529. The van der Waals surface area contributed by atoms with E-state index in [1.54, 1.807) is 6.20 Å². The first-order chi connectivity index (χ1) is 6.68. The Balaban J connectivity index is 2.05. The van der Waals surface area contributed by atoms with Crippen LogP contribution in [0.15, 0.2) is 10.7 Å². The van der Waals surface area contributed by atoms with Crippen LogP contribution in [0, 0.1) is 0 Å². The maximum absolute atomic E-state index is 6.12. The van der Waals surface area contributed by atoms with E-state index in [4.69, 9.17) is 5.73 Å². The highest BCUT2D eigenvalue weighted by atomic mass is 79.9. The molecule has 1 aromatic heterocycles. The molecule has 0 spiro atoms. The Labute approximate surface area is 92.2 Å². The van der Waals surface area contributed by atoms with Gasteiger partial charge in [-0.3, -0.25) is 4.68 Å². The van der Waals surface area contributed by atoms with Gasteiger partial charge in [0.05, 0.1) is 22.4 Å². The SMILES string of the molecule is Cn1ncc(Br)c1C(N)CN1CCC1. The van der Waals surface area contributed by atoms with Gasteiger partial charge >= 0.3 is 0 Å². The molecule has 0 aliphatic carbocycles. The number of halogens is 1. The Kier molecular flexibility index (Phi) is 2.90. The lowest BCUT2D eigenvalue weighted by molar-refractivity contribution is 0.168. The fraction of sp³-hybridized carbons (Fsp3) is 0.667. The van der Waals surface area contributed by atoms with E-state index < -0.39 is 0 Å². The zero-order chi connectivity index (χ0) is 10.1. The van der Waals surface area contributed by atoms with E-state index in [1.807, 2.05) is 11.7 Å². The van der Waals surface area contributed by atoms with Gasteiger partial charge in [0, 0.05) is 13.6 Å². The molecule has 1 aliphatic rings. The lowest BCUT2D eigenvalue weighted by atomic mass is 10.1. The second kappa shape index (κ2) is 4.00. The van der Waals surface area contributed by atoms with Crippen LogP contribution in [0.2, 0.25) is 0 Å². The van der Waals surface area contributed by atoms with Crippen molar-refractivity contribution < 1.29 is 0 Å². The van der Waals surface area contributed by atoms with Crippen LogP contribution in [0.5, 0.6) is 0 Å². The summed E-state index contributed by atoms with van der Waals surface area (Å²) in [5, 5.41) is 4.16. The number of hydrogen-bond donors (Lipinski definition) is 1. The molecule has 78 valence electrons. The van der Waals surface area contributed by atoms with Crippen molar-refractivity contribution in [2.75, 3.05) is 19.6 Å². The fourth-order valence-electron chi connectivity index (χ4n) is 1.77. The predicted octanol–water partition coefficient (Wildman–Crippen LogP) is 0.888. The molecule has 0 aromatic carbocycles. The summed E-state index contributed by atoms with van der Waals surface area (Å²) in [5.74, 6) is 0. The normalized spacial score (nSPS) is 19.4. The average molecular weight is 259 g/mol. The summed E-state index contributed by atoms with van der Waals surface area (Å²) >= 11 is 3.47. The molecule has 0 radical (unpaired) electrons. The third-order valence-electron chi connectivity index (χ3n) is 2.69. The van der Waals surface area contributed by atoms with Gasteiger partial charge < -0.3 is 10.6 Å². The Hall–Kier alpha value is -0.390. The second-order valence-electron chi connectivity index (χ2n) is 3.76. The molecule has 1 aliphatic heterocycles. The monoisotopic (exact) mass is 258 g/mol. The Morgan fingerprint density at radius 1 is 1.64 bits per heavy atom. The fourth-order valence-corrected chi connectivity index (χ4v) is 2.41. The van der Waals surface area contributed by atoms with Gasteiger partial charge in [0.1, 0.15) is 0 Å². The van der Waals surface area contributed by atoms with Gasteiger partial charge in [-0.2, -0.15) is 5.10 Å². The maximum Gasteiger partial charge on any atom is 0.0703 e. The summed E-state index contributed by atoms with van der Waals surface area (Å²) in [6.07, 6.45) is 3.10. The Bertz CT molecular complexity index is 299. The predicted molar refractivity (Wildman–Crippen MR) is 58.9 cm³/mol. The van der Waals surface area contributed by atoms with Gasteiger partial charge in [-0.1, -0.05) is 0 Å². The maximum atomic E-state index is 6.12. The summed E-state index contributed by atoms with van der Waals surface area (Å²) in [4.78, 5) is 2.37. The molecule has 1 fully saturated rings. The first-order valence-corrected chi connectivity index (χ1v) is 5.63. The number of likely N-dealkylation sites (tertiary alicyclic amines) is 1. The number of hydrogen-bond acceptors (Lipinski definition) is 3. The van der Waals surface area contributed by atoms with E-state index in [9.17, 15) is 0 Å². The van der Waals surface area contributed by atoms with Crippen molar-refractivity contribution in [3.8, 4) is 0 Å². The first-order valence-electron chi connectivity index (χ1n) is 4.84. The van der Waals surface area contributed by atoms with Crippen LogP contribution in [0.25, 0.3) is 0 Å². The van der Waals surface area contributed by atoms with Gasteiger partial charge in [-0.25, -0.2) is 0 Å². The van der Waals surface area contributed by atoms with Crippen molar-refractivity contribution in [1.82, 2.24) is 14.7 Å². The quantitative estimate of drug-likeness (QED) is 0.876. The van der Waals surface area contributed by atoms with Gasteiger partial charge in [-0.05, 0) is 35.4 Å². The molecule has 2 rings (SSSR count). The van der Waals surface area contributed by atoms with Crippen LogP contribution in [0.3, 0.4) is 0 Å². The molecule has 5 heteroatoms. The highest BCUT2D eigenvalue weighted by Crippen LogP contribution is 2.22. The van der Waals surface area contributed by atoms with Gasteiger partial charge in [0.25, 0.3) is 0 Å². The lowest BCUT2D eigenvalue weighted by Gasteiger charge is -2.32. The molecule has 14 heavy (non-hydrogen) atoms. The van der Waals surface area contributed by atoms with Gasteiger partial charge in [0.2, 0.25) is 0 Å². The van der Waals surface area contributed by atoms with E-state index in [1.165, 1.54) is 19.5 Å². The van der Waals surface area contributed by atoms with E-state index in [-0.39, 0.29) is 6.04 Å². The smallest absolute Gasteiger partial charge is 0.0703 e. The molecular formula is C9H15BrN4. The summed E-state index contributed by atoms with van der Waals surface area (Å²) in [5.41, 5.74) is 7.20. The molecular weight excluding hydrogens is 244 g/mol. The molecule has 0 saturated carbocycles. The molecule has 1 atom stereocenters. The van der Waals surface area contributed by atoms with Crippen molar-refractivity contribution in [1.29, 1.82) is 0 Å². The molecule has 0 amide bonds. The molecule has 1 aromatic rings. The van der Waals surface area contributed by atoms with Crippen LogP contribution in [-0.2, 0) is 7.05 Å². The van der Waals surface area contributed by atoms with Crippen LogP contribution < -0.4 is 5.73 Å². The molecule has 1 unspecified atom stereocenters. The van der Waals surface area contributed by atoms with E-state index in [0.29, 0.717) is 0 Å². The highest BCUT2D eigenvalue weighted by molar-refractivity contribution is 9.10. The number of aryl methyl sites for hydroxylation is 1. The van der Waals surface area contributed by atoms with Crippen molar-refractivity contribution >= 4 is 15.9 Å². The topological polar surface area (TPSA) is 47.1 Å². The zero-order valence-electron chi connectivity index (χ0n) is 8.28. The average Bonchev–Trinajstić information content (AvgIpc) is 2.39. The lowest BCUT2D eigenvalue weighted by Crippen LogP contribution is -2.42. The van der Waals surface area contributed by atoms with Gasteiger partial charge in [-0.15, -0.1) is 0 Å². The highest BCUT2D eigenvalue weighted by Gasteiger charge is 2.21. The van der Waals surface area contributed by atoms with Crippen molar-refractivity contribution in [3.63, 3.8) is 0 Å². The molecule has 2 N–H and O–H groups in total. The van der Waals surface area contributed by atoms with Crippen molar-refractivity contribution in [2.24, 2.45) is 12.8 Å². The van der Waals surface area contributed by atoms with E-state index in [2.05, 4.69) is 25.9 Å². The largest absolute Gasteiger partial charge is 0.322 e. The number of nitrogens with two attached hydrogens (primary N) is 1. The number of aromatic nitrogens is 2. The number of nitrogens with zero attached hydrogens (tertiary/aromatic N) is 3. The number of rotatable bonds is 3. The molecule has 1 saturated heterocycles. The molecule has 2 heterocycles. The molecule has 0 bridgehead atoms. The third kappa shape index (κ3) is 1.85. The summed E-state index contributed by atoms with van der Waals surface area (Å²) in [6.45, 7) is 3.30. The van der Waals surface area contributed by atoms with Crippen LogP contribution in [0.1, 0.15) is 18.2 Å². The standard InChI is InChI=1S/C9H15BrN4/c1-13-9(7(10)5-12-13)8(11)6-14-3-2-4-14/h5,8H,2-4,6,11H2,1H3. The minimum absolute atomic E-state index is 0.0529. The van der Waals surface area contributed by atoms with Gasteiger partial charge in [0.15, 0.2) is 0 Å². The van der Waals surface area contributed by atoms with Crippen LogP contribution >= 0.6 is 15.9 Å². The van der Waals surface area contributed by atoms with Crippen molar-refractivity contribution in [3.05, 3.63) is 16.4 Å².